The molecule has 20 heavy (non-hydrogen) atoms. The fraction of sp³-hybridized carbons (Fsp3) is 0.562. The van der Waals surface area contributed by atoms with E-state index in [4.69, 9.17) is 17.3 Å². The molecule has 4 heteroatoms. The maximum Gasteiger partial charge on any atom is 0.252 e. The van der Waals surface area contributed by atoms with Gasteiger partial charge in [0.25, 0.3) is 5.91 Å². The molecule has 3 nitrogen and oxygen atoms in total. The topological polar surface area (TPSA) is 55.1 Å². The minimum absolute atomic E-state index is 0.0656. The molecule has 2 atom stereocenters. The van der Waals surface area contributed by atoms with E-state index < -0.39 is 0 Å². The Balaban J connectivity index is 2.23. The molecule has 0 bridgehead atoms. The van der Waals surface area contributed by atoms with Gasteiger partial charge < -0.3 is 11.1 Å². The number of carbonyl (C=O) groups is 1. The summed E-state index contributed by atoms with van der Waals surface area (Å²) in [5, 5.41) is 3.82. The Labute approximate surface area is 125 Å². The van der Waals surface area contributed by atoms with Crippen molar-refractivity contribution >= 4 is 17.5 Å². The van der Waals surface area contributed by atoms with Gasteiger partial charge in [0.1, 0.15) is 0 Å². The van der Waals surface area contributed by atoms with Crippen LogP contribution in [0.1, 0.15) is 48.5 Å². The number of hydrogen-bond acceptors (Lipinski definition) is 2. The van der Waals surface area contributed by atoms with Gasteiger partial charge in [-0.25, -0.2) is 0 Å². The van der Waals surface area contributed by atoms with E-state index in [1.54, 1.807) is 6.07 Å². The predicted octanol–water partition coefficient (Wildman–Crippen LogP) is 3.29. The summed E-state index contributed by atoms with van der Waals surface area (Å²) in [5.74, 6) is 0.342. The summed E-state index contributed by atoms with van der Waals surface area (Å²) in [4.78, 5) is 12.6. The Morgan fingerprint density at radius 1 is 1.50 bits per heavy atom. The first kappa shape index (κ1) is 15.3. The summed E-state index contributed by atoms with van der Waals surface area (Å²) in [6, 6.07) is 5.42. The van der Waals surface area contributed by atoms with Gasteiger partial charge in [0.05, 0.1) is 5.54 Å². The zero-order valence-corrected chi connectivity index (χ0v) is 13.0. The standard InChI is InChI=1S/C16H23ClN2O/c1-11-6-3-4-9-16(11,10-18)19-15(20)13-7-5-8-14(17)12(13)2/h5,7-8,11H,3-4,6,9-10,18H2,1-2H3,(H,19,20). The second-order valence-electron chi connectivity index (χ2n) is 5.87. The number of nitrogens with two attached hydrogens (primary N) is 1. The summed E-state index contributed by atoms with van der Waals surface area (Å²) in [6.07, 6.45) is 4.41. The molecule has 1 fully saturated rings. The summed E-state index contributed by atoms with van der Waals surface area (Å²) in [6.45, 7) is 4.54. The highest BCUT2D eigenvalue weighted by molar-refractivity contribution is 6.31. The van der Waals surface area contributed by atoms with E-state index in [0.29, 0.717) is 23.0 Å². The molecule has 0 spiro atoms. The molecule has 3 N–H and O–H groups in total. The molecule has 0 heterocycles. The molecule has 2 unspecified atom stereocenters. The SMILES string of the molecule is Cc1c(Cl)cccc1C(=O)NC1(CN)CCCCC1C. The van der Waals surface area contributed by atoms with Crippen molar-refractivity contribution in [3.05, 3.63) is 34.3 Å². The van der Waals surface area contributed by atoms with Gasteiger partial charge >= 0.3 is 0 Å². The summed E-state index contributed by atoms with van der Waals surface area (Å²) < 4.78 is 0. The van der Waals surface area contributed by atoms with Crippen LogP contribution >= 0.6 is 11.6 Å². The van der Waals surface area contributed by atoms with Crippen LogP contribution in [0.25, 0.3) is 0 Å². The first-order valence-electron chi connectivity index (χ1n) is 7.28. The molecular formula is C16H23ClN2O. The van der Waals surface area contributed by atoms with Crippen molar-refractivity contribution in [2.45, 2.75) is 45.1 Å². The molecule has 0 aromatic heterocycles. The van der Waals surface area contributed by atoms with Crippen molar-refractivity contribution in [2.24, 2.45) is 11.7 Å². The van der Waals surface area contributed by atoms with Gasteiger partial charge in [-0.15, -0.1) is 0 Å². The lowest BCUT2D eigenvalue weighted by Gasteiger charge is -2.42. The van der Waals surface area contributed by atoms with Gasteiger partial charge in [0.15, 0.2) is 0 Å². The quantitative estimate of drug-likeness (QED) is 0.899. The molecular weight excluding hydrogens is 272 g/mol. The number of nitrogens with one attached hydrogen (secondary N) is 1. The zero-order chi connectivity index (χ0) is 14.8. The van der Waals surface area contributed by atoms with Gasteiger partial charge in [0, 0.05) is 17.1 Å². The van der Waals surface area contributed by atoms with Crippen LogP contribution in [-0.4, -0.2) is 18.0 Å². The zero-order valence-electron chi connectivity index (χ0n) is 12.2. The van der Waals surface area contributed by atoms with Crippen molar-refractivity contribution in [3.63, 3.8) is 0 Å². The molecule has 1 aliphatic rings. The molecule has 1 aromatic rings. The monoisotopic (exact) mass is 294 g/mol. The molecule has 0 aliphatic heterocycles. The van der Waals surface area contributed by atoms with E-state index in [-0.39, 0.29) is 11.4 Å². The lowest BCUT2D eigenvalue weighted by molar-refractivity contribution is 0.0812. The molecule has 2 rings (SSSR count). The normalized spacial score (nSPS) is 26.3. The fourth-order valence-electron chi connectivity index (χ4n) is 3.10. The van der Waals surface area contributed by atoms with Crippen LogP contribution in [0.3, 0.4) is 0 Å². The van der Waals surface area contributed by atoms with Crippen molar-refractivity contribution in [3.8, 4) is 0 Å². The number of benzene rings is 1. The van der Waals surface area contributed by atoms with Crippen molar-refractivity contribution in [1.82, 2.24) is 5.32 Å². The molecule has 1 aliphatic carbocycles. The lowest BCUT2D eigenvalue weighted by Crippen LogP contribution is -2.59. The third-order valence-electron chi connectivity index (χ3n) is 4.69. The Bertz CT molecular complexity index is 503. The van der Waals surface area contributed by atoms with E-state index in [9.17, 15) is 4.79 Å². The number of hydrogen-bond donors (Lipinski definition) is 2. The Hall–Kier alpha value is -1.06. The van der Waals surface area contributed by atoms with E-state index >= 15 is 0 Å². The predicted molar refractivity (Wildman–Crippen MR) is 83.1 cm³/mol. The first-order chi connectivity index (χ1) is 9.50. The minimum Gasteiger partial charge on any atom is -0.345 e. The third kappa shape index (κ3) is 2.84. The summed E-state index contributed by atoms with van der Waals surface area (Å²) >= 11 is 6.09. The Kier molecular flexibility index (Phi) is 4.71. The molecule has 1 aromatic carbocycles. The van der Waals surface area contributed by atoms with Gasteiger partial charge in [-0.05, 0) is 43.4 Å². The number of halogens is 1. The van der Waals surface area contributed by atoms with E-state index in [1.807, 2.05) is 19.1 Å². The van der Waals surface area contributed by atoms with E-state index in [2.05, 4.69) is 12.2 Å². The largest absolute Gasteiger partial charge is 0.345 e. The maximum absolute atomic E-state index is 12.6. The van der Waals surface area contributed by atoms with Crippen LogP contribution in [0, 0.1) is 12.8 Å². The van der Waals surface area contributed by atoms with Crippen LogP contribution in [-0.2, 0) is 0 Å². The molecule has 0 radical (unpaired) electrons. The van der Waals surface area contributed by atoms with Gasteiger partial charge in [-0.3, -0.25) is 4.79 Å². The third-order valence-corrected chi connectivity index (χ3v) is 5.10. The Morgan fingerprint density at radius 3 is 2.90 bits per heavy atom. The fourth-order valence-corrected chi connectivity index (χ4v) is 3.28. The van der Waals surface area contributed by atoms with Crippen LogP contribution in [0.4, 0.5) is 0 Å². The average molecular weight is 295 g/mol. The smallest absolute Gasteiger partial charge is 0.252 e. The van der Waals surface area contributed by atoms with E-state index in [0.717, 1.165) is 24.8 Å². The highest BCUT2D eigenvalue weighted by Crippen LogP contribution is 2.33. The summed E-state index contributed by atoms with van der Waals surface area (Å²) in [5.41, 5.74) is 7.17. The van der Waals surface area contributed by atoms with Crippen LogP contribution in [0.2, 0.25) is 5.02 Å². The summed E-state index contributed by atoms with van der Waals surface area (Å²) in [7, 11) is 0. The molecule has 110 valence electrons. The molecule has 1 amide bonds. The second-order valence-corrected chi connectivity index (χ2v) is 6.28. The lowest BCUT2D eigenvalue weighted by atomic mass is 9.73. The van der Waals surface area contributed by atoms with Crippen molar-refractivity contribution < 1.29 is 4.79 Å². The average Bonchev–Trinajstić information content (AvgIpc) is 2.44. The maximum atomic E-state index is 12.6. The van der Waals surface area contributed by atoms with E-state index in [1.165, 1.54) is 6.42 Å². The number of amides is 1. The Morgan fingerprint density at radius 2 is 2.25 bits per heavy atom. The molecule has 1 saturated carbocycles. The van der Waals surface area contributed by atoms with Gasteiger partial charge in [-0.1, -0.05) is 37.4 Å². The van der Waals surface area contributed by atoms with Crippen LogP contribution in [0.5, 0.6) is 0 Å². The van der Waals surface area contributed by atoms with Crippen LogP contribution < -0.4 is 11.1 Å². The highest BCUT2D eigenvalue weighted by atomic mass is 35.5. The van der Waals surface area contributed by atoms with Gasteiger partial charge in [-0.2, -0.15) is 0 Å². The molecule has 0 saturated heterocycles. The number of carbonyl (C=O) groups excluding carboxylic acids is 1. The van der Waals surface area contributed by atoms with Crippen molar-refractivity contribution in [2.75, 3.05) is 6.54 Å². The first-order valence-corrected chi connectivity index (χ1v) is 7.65. The highest BCUT2D eigenvalue weighted by Gasteiger charge is 2.38. The second kappa shape index (κ2) is 6.15. The van der Waals surface area contributed by atoms with Crippen molar-refractivity contribution in [1.29, 1.82) is 0 Å². The minimum atomic E-state index is -0.274. The van der Waals surface area contributed by atoms with Crippen LogP contribution in [0.15, 0.2) is 18.2 Å². The van der Waals surface area contributed by atoms with Gasteiger partial charge in [0.2, 0.25) is 0 Å². The number of rotatable bonds is 3.